The maximum Gasteiger partial charge on any atom is 0.259 e. The quantitative estimate of drug-likeness (QED) is 0.700. The van der Waals surface area contributed by atoms with Crippen LogP contribution in [-0.2, 0) is 14.3 Å². The molecule has 1 aromatic carbocycles. The van der Waals surface area contributed by atoms with Gasteiger partial charge in [-0.15, -0.1) is 0 Å². The third-order valence-electron chi connectivity index (χ3n) is 2.27. The predicted octanol–water partition coefficient (Wildman–Crippen LogP) is 1.10. The van der Waals surface area contributed by atoms with Gasteiger partial charge in [0.15, 0.2) is 0 Å². The van der Waals surface area contributed by atoms with Crippen LogP contribution in [0.15, 0.2) is 18.2 Å². The smallest absolute Gasteiger partial charge is 0.259 e. The normalized spacial score (nSPS) is 15.9. The van der Waals surface area contributed by atoms with Crippen LogP contribution in [0.4, 0.5) is 5.69 Å². The van der Waals surface area contributed by atoms with Crippen LogP contribution in [-0.4, -0.2) is 25.0 Å². The van der Waals surface area contributed by atoms with Crippen molar-refractivity contribution in [3.63, 3.8) is 0 Å². The molecule has 5 nitrogen and oxygen atoms in total. The highest BCUT2D eigenvalue weighted by molar-refractivity contribution is 6.35. The van der Waals surface area contributed by atoms with Crippen LogP contribution < -0.4 is 4.90 Å². The molecule has 1 aromatic rings. The van der Waals surface area contributed by atoms with Crippen LogP contribution in [0.5, 0.6) is 0 Å². The summed E-state index contributed by atoms with van der Waals surface area (Å²) in [5.74, 6) is -0.975. The summed E-state index contributed by atoms with van der Waals surface area (Å²) in [5.41, 5.74) is 0.556. The molecule has 0 bridgehead atoms. The maximum absolute atomic E-state index is 11.6. The fourth-order valence-electron chi connectivity index (χ4n) is 1.52. The van der Waals surface area contributed by atoms with Gasteiger partial charge in [0.1, 0.15) is 13.2 Å². The molecule has 1 saturated heterocycles. The Morgan fingerprint density at radius 2 is 1.94 bits per heavy atom. The molecule has 0 unspecified atom stereocenters. The van der Waals surface area contributed by atoms with E-state index in [0.29, 0.717) is 5.56 Å². The lowest BCUT2D eigenvalue weighted by molar-refractivity contribution is -0.138. The summed E-state index contributed by atoms with van der Waals surface area (Å²) in [6, 6.07) is 6.32. The van der Waals surface area contributed by atoms with Gasteiger partial charge < -0.3 is 4.74 Å². The van der Waals surface area contributed by atoms with Crippen molar-refractivity contribution in [1.29, 1.82) is 5.26 Å². The van der Waals surface area contributed by atoms with Crippen molar-refractivity contribution >= 4 is 29.1 Å². The Hall–Kier alpha value is -1.90. The minimum atomic E-state index is -0.488. The topological polar surface area (TPSA) is 70.4 Å². The van der Waals surface area contributed by atoms with Crippen molar-refractivity contribution in [2.45, 2.75) is 0 Å². The summed E-state index contributed by atoms with van der Waals surface area (Å²) in [7, 11) is 0. The summed E-state index contributed by atoms with van der Waals surface area (Å²) < 4.78 is 4.79. The first-order chi connectivity index (χ1) is 8.13. The van der Waals surface area contributed by atoms with E-state index in [1.165, 1.54) is 18.2 Å². The molecule has 0 radical (unpaired) electrons. The van der Waals surface area contributed by atoms with Gasteiger partial charge in [-0.05, 0) is 18.2 Å². The number of nitrogens with zero attached hydrogens (tertiary/aromatic N) is 2. The molecule has 0 saturated carbocycles. The number of nitriles is 1. The molecular formula is C11H7ClN2O3. The largest absolute Gasteiger partial charge is 0.362 e. The molecule has 1 fully saturated rings. The van der Waals surface area contributed by atoms with Crippen molar-refractivity contribution in [3.05, 3.63) is 28.8 Å². The van der Waals surface area contributed by atoms with Crippen LogP contribution in [0.2, 0.25) is 5.02 Å². The Bertz CT molecular complexity index is 520. The van der Waals surface area contributed by atoms with Crippen molar-refractivity contribution in [2.24, 2.45) is 0 Å². The van der Waals surface area contributed by atoms with Gasteiger partial charge in [0, 0.05) is 0 Å². The molecule has 2 amide bonds. The number of carbonyl (C=O) groups excluding carboxylic acids is 2. The van der Waals surface area contributed by atoms with Gasteiger partial charge in [-0.3, -0.25) is 9.59 Å². The first-order valence-corrected chi connectivity index (χ1v) is 5.14. The lowest BCUT2D eigenvalue weighted by atomic mass is 10.2. The third kappa shape index (κ3) is 2.13. The average Bonchev–Trinajstić information content (AvgIpc) is 2.31. The second kappa shape index (κ2) is 4.53. The molecule has 0 atom stereocenters. The monoisotopic (exact) mass is 250 g/mol. The highest BCUT2D eigenvalue weighted by Gasteiger charge is 2.29. The van der Waals surface area contributed by atoms with Crippen molar-refractivity contribution in [1.82, 2.24) is 0 Å². The number of halogens is 1. The fourth-order valence-corrected chi connectivity index (χ4v) is 1.72. The van der Waals surface area contributed by atoms with E-state index >= 15 is 0 Å². The number of imide groups is 1. The number of hydrogen-bond acceptors (Lipinski definition) is 4. The summed E-state index contributed by atoms with van der Waals surface area (Å²) in [4.78, 5) is 24.1. The lowest BCUT2D eigenvalue weighted by Gasteiger charge is -2.25. The van der Waals surface area contributed by atoms with E-state index < -0.39 is 11.8 Å². The number of rotatable bonds is 1. The minimum Gasteiger partial charge on any atom is -0.362 e. The van der Waals surface area contributed by atoms with Crippen molar-refractivity contribution in [3.8, 4) is 6.07 Å². The van der Waals surface area contributed by atoms with Crippen LogP contribution in [0, 0.1) is 11.3 Å². The van der Waals surface area contributed by atoms with Gasteiger partial charge in [0.25, 0.3) is 11.8 Å². The summed E-state index contributed by atoms with van der Waals surface area (Å²) in [6.45, 7) is -0.336. The fraction of sp³-hybridized carbons (Fsp3) is 0.182. The van der Waals surface area contributed by atoms with E-state index in [1.807, 2.05) is 6.07 Å². The molecule has 1 aliphatic rings. The van der Waals surface area contributed by atoms with Crippen LogP contribution >= 0.6 is 11.6 Å². The van der Waals surface area contributed by atoms with E-state index in [-0.39, 0.29) is 23.9 Å². The van der Waals surface area contributed by atoms with Crippen LogP contribution in [0.3, 0.4) is 0 Å². The zero-order valence-corrected chi connectivity index (χ0v) is 9.40. The van der Waals surface area contributed by atoms with Crippen LogP contribution in [0.1, 0.15) is 5.56 Å². The van der Waals surface area contributed by atoms with Crippen molar-refractivity contribution < 1.29 is 14.3 Å². The third-order valence-corrected chi connectivity index (χ3v) is 2.59. The van der Waals surface area contributed by atoms with Gasteiger partial charge in [0.05, 0.1) is 22.3 Å². The molecule has 1 aliphatic heterocycles. The molecule has 0 spiro atoms. The van der Waals surface area contributed by atoms with E-state index in [2.05, 4.69) is 0 Å². The molecule has 2 rings (SSSR count). The lowest BCUT2D eigenvalue weighted by Crippen LogP contribution is -2.46. The molecule has 1 heterocycles. The second-order valence-corrected chi connectivity index (χ2v) is 3.80. The molecular weight excluding hydrogens is 244 g/mol. The molecule has 0 N–H and O–H groups in total. The van der Waals surface area contributed by atoms with E-state index in [9.17, 15) is 9.59 Å². The molecule has 0 aromatic heterocycles. The van der Waals surface area contributed by atoms with E-state index in [4.69, 9.17) is 21.6 Å². The Balaban J connectivity index is 2.48. The molecule has 86 valence electrons. The summed E-state index contributed by atoms with van der Waals surface area (Å²) >= 11 is 5.92. The van der Waals surface area contributed by atoms with Gasteiger partial charge in [-0.1, -0.05) is 11.6 Å². The number of morpholine rings is 1. The zero-order valence-electron chi connectivity index (χ0n) is 8.64. The number of carbonyl (C=O) groups is 2. The number of ether oxygens (including phenoxy) is 1. The van der Waals surface area contributed by atoms with E-state index in [0.717, 1.165) is 4.90 Å². The molecule has 6 heteroatoms. The number of hydrogen-bond donors (Lipinski definition) is 0. The minimum absolute atomic E-state index is 0.168. The zero-order chi connectivity index (χ0) is 12.4. The highest BCUT2D eigenvalue weighted by Crippen LogP contribution is 2.28. The van der Waals surface area contributed by atoms with Gasteiger partial charge >= 0.3 is 0 Å². The van der Waals surface area contributed by atoms with Crippen LogP contribution in [0.25, 0.3) is 0 Å². The van der Waals surface area contributed by atoms with E-state index in [1.54, 1.807) is 0 Å². The average molecular weight is 251 g/mol. The standard InChI is InChI=1S/C11H7ClN2O3/c12-8-2-1-7(4-13)3-9(8)14-10(15)5-17-6-11(14)16/h1-3H,5-6H2. The summed E-state index contributed by atoms with van der Waals surface area (Å²) in [5, 5.41) is 9.02. The number of anilines is 1. The van der Waals surface area contributed by atoms with Gasteiger partial charge in [-0.25, -0.2) is 4.90 Å². The Labute approximate surface area is 102 Å². The number of amides is 2. The highest BCUT2D eigenvalue weighted by atomic mass is 35.5. The predicted molar refractivity (Wildman–Crippen MR) is 59.5 cm³/mol. The SMILES string of the molecule is N#Cc1ccc(Cl)c(N2C(=O)COCC2=O)c1. The molecule has 17 heavy (non-hydrogen) atoms. The Morgan fingerprint density at radius 1 is 1.29 bits per heavy atom. The Morgan fingerprint density at radius 3 is 2.53 bits per heavy atom. The first kappa shape index (κ1) is 11.6. The van der Waals surface area contributed by atoms with Gasteiger partial charge in [0.2, 0.25) is 0 Å². The van der Waals surface area contributed by atoms with Gasteiger partial charge in [-0.2, -0.15) is 5.26 Å². The maximum atomic E-state index is 11.6. The summed E-state index contributed by atoms with van der Waals surface area (Å²) in [6.07, 6.45) is 0. The Kier molecular flexibility index (Phi) is 3.09. The molecule has 0 aliphatic carbocycles. The first-order valence-electron chi connectivity index (χ1n) is 4.76. The number of benzene rings is 1. The second-order valence-electron chi connectivity index (χ2n) is 3.39. The van der Waals surface area contributed by atoms with Crippen molar-refractivity contribution in [2.75, 3.05) is 18.1 Å².